The summed E-state index contributed by atoms with van der Waals surface area (Å²) in [5.41, 5.74) is -0.581. The molecule has 0 radical (unpaired) electrons. The zero-order chi connectivity index (χ0) is 14.6. The van der Waals surface area contributed by atoms with Crippen LogP contribution in [0.3, 0.4) is 0 Å². The summed E-state index contributed by atoms with van der Waals surface area (Å²) >= 11 is 0. The Kier molecular flexibility index (Phi) is 5.55. The van der Waals surface area contributed by atoms with Gasteiger partial charge in [0.1, 0.15) is 11.8 Å². The fraction of sp³-hybridized carbons (Fsp3) is 0.923. The van der Waals surface area contributed by atoms with Gasteiger partial charge in [-0.1, -0.05) is 0 Å². The first-order valence-electron chi connectivity index (χ1n) is 6.60. The van der Waals surface area contributed by atoms with Crippen LogP contribution >= 0.6 is 0 Å². The Labute approximate surface area is 113 Å². The Morgan fingerprint density at radius 2 is 2.16 bits per heavy atom. The van der Waals surface area contributed by atoms with Crippen molar-refractivity contribution in [2.75, 3.05) is 19.7 Å². The van der Waals surface area contributed by atoms with Crippen LogP contribution < -0.4 is 0 Å². The molecular formula is C13H24FNO4. The van der Waals surface area contributed by atoms with Crippen LogP contribution in [0.2, 0.25) is 0 Å². The SMILES string of the molecule is CC(O)CO[C@@H]1CCN(C(=O)OC(C)(C)C)C[C@@H]1F. The number of halogens is 1. The number of ether oxygens (including phenoxy) is 2. The Balaban J connectivity index is 2.42. The molecule has 1 heterocycles. The number of nitrogens with zero attached hydrogens (tertiary/aromatic N) is 1. The molecule has 0 aromatic rings. The standard InChI is InChI=1S/C13H24FNO4/c1-9(16)8-18-11-5-6-15(7-10(11)14)12(17)19-13(2,3)4/h9-11,16H,5-8H2,1-4H3/t9?,10-,11+/m0/s1. The molecule has 1 saturated heterocycles. The second-order valence-electron chi connectivity index (χ2n) is 5.95. The third kappa shape index (κ3) is 5.74. The van der Waals surface area contributed by atoms with Gasteiger partial charge in [-0.25, -0.2) is 9.18 Å². The van der Waals surface area contributed by atoms with Crippen molar-refractivity contribution in [1.29, 1.82) is 0 Å². The number of hydrogen-bond donors (Lipinski definition) is 1. The van der Waals surface area contributed by atoms with Gasteiger partial charge in [0.05, 0.1) is 25.4 Å². The molecule has 0 aromatic heterocycles. The monoisotopic (exact) mass is 277 g/mol. The van der Waals surface area contributed by atoms with Gasteiger partial charge in [-0.2, -0.15) is 0 Å². The van der Waals surface area contributed by atoms with Gasteiger partial charge < -0.3 is 19.5 Å². The zero-order valence-corrected chi connectivity index (χ0v) is 12.1. The average molecular weight is 277 g/mol. The molecule has 1 aliphatic rings. The maximum Gasteiger partial charge on any atom is 0.410 e. The topological polar surface area (TPSA) is 59.0 Å². The van der Waals surface area contributed by atoms with Crippen molar-refractivity contribution in [2.45, 2.75) is 58.1 Å². The molecule has 0 aromatic carbocycles. The van der Waals surface area contributed by atoms with Crippen LogP contribution in [0, 0.1) is 0 Å². The van der Waals surface area contributed by atoms with Crippen LogP contribution in [0.1, 0.15) is 34.1 Å². The van der Waals surface area contributed by atoms with Crippen molar-refractivity contribution < 1.29 is 23.8 Å². The van der Waals surface area contributed by atoms with Gasteiger partial charge in [0, 0.05) is 6.54 Å². The molecule has 1 N–H and O–H groups in total. The first-order chi connectivity index (χ1) is 8.69. The lowest BCUT2D eigenvalue weighted by Crippen LogP contribution is -2.49. The quantitative estimate of drug-likeness (QED) is 0.853. The summed E-state index contributed by atoms with van der Waals surface area (Å²) in [5.74, 6) is 0. The molecule has 1 aliphatic heterocycles. The van der Waals surface area contributed by atoms with E-state index in [-0.39, 0.29) is 13.2 Å². The number of rotatable bonds is 3. The first kappa shape index (κ1) is 16.2. The van der Waals surface area contributed by atoms with Gasteiger partial charge >= 0.3 is 6.09 Å². The molecule has 6 heteroatoms. The molecule has 3 atom stereocenters. The van der Waals surface area contributed by atoms with Gasteiger partial charge in [-0.3, -0.25) is 0 Å². The lowest BCUT2D eigenvalue weighted by molar-refractivity contribution is -0.0713. The minimum absolute atomic E-state index is 0.0284. The molecule has 19 heavy (non-hydrogen) atoms. The molecule has 1 rings (SSSR count). The van der Waals surface area contributed by atoms with Gasteiger partial charge in [-0.15, -0.1) is 0 Å². The number of amides is 1. The van der Waals surface area contributed by atoms with Crippen molar-refractivity contribution in [3.8, 4) is 0 Å². The van der Waals surface area contributed by atoms with E-state index in [4.69, 9.17) is 14.6 Å². The molecule has 0 bridgehead atoms. The second kappa shape index (κ2) is 6.52. The lowest BCUT2D eigenvalue weighted by Gasteiger charge is -2.35. The van der Waals surface area contributed by atoms with Crippen LogP contribution in [0.15, 0.2) is 0 Å². The maximum absolute atomic E-state index is 13.9. The fourth-order valence-corrected chi connectivity index (χ4v) is 1.83. The van der Waals surface area contributed by atoms with Gasteiger partial charge in [-0.05, 0) is 34.1 Å². The van der Waals surface area contributed by atoms with E-state index in [1.165, 1.54) is 4.90 Å². The Morgan fingerprint density at radius 1 is 1.53 bits per heavy atom. The first-order valence-corrected chi connectivity index (χ1v) is 6.60. The number of carbonyl (C=O) groups excluding carboxylic acids is 1. The summed E-state index contributed by atoms with van der Waals surface area (Å²) in [6.45, 7) is 7.39. The third-order valence-corrected chi connectivity index (χ3v) is 2.68. The van der Waals surface area contributed by atoms with Crippen LogP contribution in [-0.2, 0) is 9.47 Å². The van der Waals surface area contributed by atoms with Crippen LogP contribution in [-0.4, -0.2) is 59.8 Å². The third-order valence-electron chi connectivity index (χ3n) is 2.68. The van der Waals surface area contributed by atoms with E-state index < -0.39 is 30.1 Å². The Morgan fingerprint density at radius 3 is 2.63 bits per heavy atom. The molecule has 1 unspecified atom stereocenters. The highest BCUT2D eigenvalue weighted by Crippen LogP contribution is 2.20. The summed E-state index contributed by atoms with van der Waals surface area (Å²) in [6, 6.07) is 0. The highest BCUT2D eigenvalue weighted by atomic mass is 19.1. The highest BCUT2D eigenvalue weighted by Gasteiger charge is 2.34. The fourth-order valence-electron chi connectivity index (χ4n) is 1.83. The average Bonchev–Trinajstić information content (AvgIpc) is 2.24. The summed E-state index contributed by atoms with van der Waals surface area (Å²) in [5, 5.41) is 9.11. The Bertz CT molecular complexity index is 304. The lowest BCUT2D eigenvalue weighted by atomic mass is 10.1. The number of aliphatic hydroxyl groups is 1. The predicted molar refractivity (Wildman–Crippen MR) is 68.7 cm³/mol. The summed E-state index contributed by atoms with van der Waals surface area (Å²) < 4.78 is 24.4. The number of piperidine rings is 1. The summed E-state index contributed by atoms with van der Waals surface area (Å²) in [6.07, 6.45) is -2.51. The molecule has 0 spiro atoms. The molecule has 0 aliphatic carbocycles. The van der Waals surface area contributed by atoms with E-state index >= 15 is 0 Å². The zero-order valence-electron chi connectivity index (χ0n) is 12.1. The molecule has 1 amide bonds. The van der Waals surface area contributed by atoms with E-state index in [2.05, 4.69) is 0 Å². The van der Waals surface area contributed by atoms with Gasteiger partial charge in [0.25, 0.3) is 0 Å². The molecular weight excluding hydrogens is 253 g/mol. The molecule has 5 nitrogen and oxygen atoms in total. The van der Waals surface area contributed by atoms with E-state index in [1.807, 2.05) is 0 Å². The van der Waals surface area contributed by atoms with Crippen LogP contribution in [0.5, 0.6) is 0 Å². The second-order valence-corrected chi connectivity index (χ2v) is 5.95. The van der Waals surface area contributed by atoms with E-state index in [1.54, 1.807) is 27.7 Å². The van der Waals surface area contributed by atoms with Crippen molar-refractivity contribution in [2.24, 2.45) is 0 Å². The molecule has 1 fully saturated rings. The van der Waals surface area contributed by atoms with E-state index in [0.717, 1.165) is 0 Å². The predicted octanol–water partition coefficient (Wildman–Crippen LogP) is 1.73. The van der Waals surface area contributed by atoms with Crippen molar-refractivity contribution in [1.82, 2.24) is 4.90 Å². The normalized spacial score (nSPS) is 26.1. The summed E-state index contributed by atoms with van der Waals surface area (Å²) in [4.78, 5) is 13.1. The Hall–Kier alpha value is -0.880. The van der Waals surface area contributed by atoms with Crippen molar-refractivity contribution in [3.05, 3.63) is 0 Å². The van der Waals surface area contributed by atoms with Crippen molar-refractivity contribution >= 4 is 6.09 Å². The smallest absolute Gasteiger partial charge is 0.410 e. The minimum Gasteiger partial charge on any atom is -0.444 e. The van der Waals surface area contributed by atoms with E-state index in [0.29, 0.717) is 13.0 Å². The minimum atomic E-state index is -1.25. The number of aliphatic hydroxyl groups excluding tert-OH is 1. The number of alkyl halides is 1. The van der Waals surface area contributed by atoms with Gasteiger partial charge in [0.2, 0.25) is 0 Å². The summed E-state index contributed by atoms with van der Waals surface area (Å²) in [7, 11) is 0. The highest BCUT2D eigenvalue weighted by molar-refractivity contribution is 5.68. The number of carbonyl (C=O) groups is 1. The maximum atomic E-state index is 13.9. The van der Waals surface area contributed by atoms with Crippen LogP contribution in [0.25, 0.3) is 0 Å². The van der Waals surface area contributed by atoms with Crippen LogP contribution in [0.4, 0.5) is 9.18 Å². The van der Waals surface area contributed by atoms with Gasteiger partial charge in [0.15, 0.2) is 0 Å². The largest absolute Gasteiger partial charge is 0.444 e. The number of likely N-dealkylation sites (tertiary alicyclic amines) is 1. The number of hydrogen-bond acceptors (Lipinski definition) is 4. The van der Waals surface area contributed by atoms with Crippen molar-refractivity contribution in [3.63, 3.8) is 0 Å². The van der Waals surface area contributed by atoms with E-state index in [9.17, 15) is 9.18 Å². The molecule has 0 saturated carbocycles. The molecule has 112 valence electrons.